The zero-order valence-corrected chi connectivity index (χ0v) is 14.4. The van der Waals surface area contributed by atoms with Crippen LogP contribution in [-0.4, -0.2) is 30.5 Å². The van der Waals surface area contributed by atoms with Crippen LogP contribution < -0.4 is 9.47 Å². The highest BCUT2D eigenvalue weighted by Crippen LogP contribution is 2.29. The lowest BCUT2D eigenvalue weighted by Gasteiger charge is -2.14. The first-order valence-corrected chi connectivity index (χ1v) is 7.66. The van der Waals surface area contributed by atoms with Gasteiger partial charge >= 0.3 is 5.97 Å². The SMILES string of the molecule is COc1cc(C=Nc2cc(Cl)ccc2C)ccc1O[C@H](C)C(=O)O. The van der Waals surface area contributed by atoms with Gasteiger partial charge in [0.2, 0.25) is 0 Å². The number of halogens is 1. The molecule has 1 atom stereocenters. The Morgan fingerprint density at radius 3 is 2.67 bits per heavy atom. The van der Waals surface area contributed by atoms with Gasteiger partial charge in [0, 0.05) is 11.2 Å². The summed E-state index contributed by atoms with van der Waals surface area (Å²) < 4.78 is 10.6. The molecule has 0 amide bonds. The van der Waals surface area contributed by atoms with Crippen LogP contribution in [0.15, 0.2) is 41.4 Å². The first-order valence-electron chi connectivity index (χ1n) is 7.28. The van der Waals surface area contributed by atoms with Crippen molar-refractivity contribution < 1.29 is 19.4 Å². The van der Waals surface area contributed by atoms with Crippen LogP contribution in [0.5, 0.6) is 11.5 Å². The van der Waals surface area contributed by atoms with Crippen LogP contribution in [0, 0.1) is 6.92 Å². The molecule has 5 nitrogen and oxygen atoms in total. The molecule has 24 heavy (non-hydrogen) atoms. The molecule has 0 heterocycles. The van der Waals surface area contributed by atoms with E-state index < -0.39 is 12.1 Å². The minimum atomic E-state index is -1.04. The lowest BCUT2D eigenvalue weighted by atomic mass is 10.2. The maximum Gasteiger partial charge on any atom is 0.344 e. The van der Waals surface area contributed by atoms with Crippen molar-refractivity contribution in [1.82, 2.24) is 0 Å². The van der Waals surface area contributed by atoms with E-state index in [1.165, 1.54) is 14.0 Å². The summed E-state index contributed by atoms with van der Waals surface area (Å²) in [5, 5.41) is 9.54. The number of hydrogen-bond donors (Lipinski definition) is 1. The van der Waals surface area contributed by atoms with Gasteiger partial charge in [0.1, 0.15) is 0 Å². The molecule has 0 aliphatic carbocycles. The van der Waals surface area contributed by atoms with Gasteiger partial charge in [-0.2, -0.15) is 0 Å². The number of rotatable bonds is 6. The van der Waals surface area contributed by atoms with Crippen LogP contribution in [-0.2, 0) is 4.79 Å². The highest BCUT2D eigenvalue weighted by molar-refractivity contribution is 6.30. The molecule has 0 saturated carbocycles. The standard InChI is InChI=1S/C18H18ClNO4/c1-11-4-6-14(19)9-15(11)20-10-13-5-7-16(17(8-13)23-3)24-12(2)18(21)22/h4-10,12H,1-3H3,(H,21,22)/t12-/m1/s1. The fourth-order valence-corrected chi connectivity index (χ4v) is 2.13. The Morgan fingerprint density at radius 1 is 1.25 bits per heavy atom. The third kappa shape index (κ3) is 4.49. The Balaban J connectivity index is 2.24. The number of aliphatic imine (C=N–C) groups is 1. The summed E-state index contributed by atoms with van der Waals surface area (Å²) in [4.78, 5) is 15.3. The lowest BCUT2D eigenvalue weighted by Crippen LogP contribution is -2.23. The Kier molecular flexibility index (Phi) is 5.82. The molecule has 0 fully saturated rings. The van der Waals surface area contributed by atoms with Gasteiger partial charge in [0.05, 0.1) is 12.8 Å². The average Bonchev–Trinajstić information content (AvgIpc) is 2.56. The van der Waals surface area contributed by atoms with Gasteiger partial charge in [-0.25, -0.2) is 4.79 Å². The van der Waals surface area contributed by atoms with Crippen LogP contribution in [0.4, 0.5) is 5.69 Å². The summed E-state index contributed by atoms with van der Waals surface area (Å²) in [6.07, 6.45) is 0.721. The van der Waals surface area contributed by atoms with E-state index in [0.717, 1.165) is 16.8 Å². The molecule has 0 aromatic heterocycles. The number of nitrogens with zero attached hydrogens (tertiary/aromatic N) is 1. The predicted octanol–water partition coefficient (Wildman–Crippen LogP) is 4.26. The lowest BCUT2D eigenvalue weighted by molar-refractivity contribution is -0.144. The van der Waals surface area contributed by atoms with Crippen LogP contribution in [0.3, 0.4) is 0 Å². The molecule has 126 valence electrons. The van der Waals surface area contributed by atoms with E-state index in [1.54, 1.807) is 30.5 Å². The number of carbonyl (C=O) groups is 1. The topological polar surface area (TPSA) is 68.1 Å². The number of carboxylic acids is 1. The van der Waals surface area contributed by atoms with Crippen LogP contribution in [0.1, 0.15) is 18.1 Å². The number of carboxylic acid groups (broad SMARTS) is 1. The minimum absolute atomic E-state index is 0.364. The second-order valence-corrected chi connectivity index (χ2v) is 5.63. The largest absolute Gasteiger partial charge is 0.493 e. The summed E-state index contributed by atoms with van der Waals surface area (Å²) in [5.41, 5.74) is 2.58. The van der Waals surface area contributed by atoms with E-state index in [2.05, 4.69) is 4.99 Å². The third-order valence-corrected chi connectivity index (χ3v) is 3.60. The van der Waals surface area contributed by atoms with Crippen molar-refractivity contribution in [1.29, 1.82) is 0 Å². The maximum atomic E-state index is 10.9. The first-order chi connectivity index (χ1) is 11.4. The molecule has 0 saturated heterocycles. The molecule has 0 aliphatic heterocycles. The fraction of sp³-hybridized carbons (Fsp3) is 0.222. The van der Waals surface area contributed by atoms with Gasteiger partial charge < -0.3 is 14.6 Å². The predicted molar refractivity (Wildman–Crippen MR) is 94.2 cm³/mol. The zero-order chi connectivity index (χ0) is 17.7. The van der Waals surface area contributed by atoms with Gasteiger partial charge in [-0.1, -0.05) is 17.7 Å². The number of aliphatic carboxylic acids is 1. The van der Waals surface area contributed by atoms with Crippen molar-refractivity contribution in [3.05, 3.63) is 52.5 Å². The molecule has 0 aliphatic rings. The number of benzene rings is 2. The molecule has 0 bridgehead atoms. The second kappa shape index (κ2) is 7.84. The van der Waals surface area contributed by atoms with E-state index >= 15 is 0 Å². The van der Waals surface area contributed by atoms with Gasteiger partial charge in [-0.05, 0) is 55.3 Å². The summed E-state index contributed by atoms with van der Waals surface area (Å²) in [7, 11) is 1.50. The molecule has 0 spiro atoms. The van der Waals surface area contributed by atoms with E-state index in [0.29, 0.717) is 16.5 Å². The summed E-state index contributed by atoms with van der Waals surface area (Å²) in [5.74, 6) is -0.238. The molecular weight excluding hydrogens is 330 g/mol. The zero-order valence-electron chi connectivity index (χ0n) is 13.6. The molecular formula is C18H18ClNO4. The number of hydrogen-bond acceptors (Lipinski definition) is 4. The van der Waals surface area contributed by atoms with Gasteiger partial charge in [0.25, 0.3) is 0 Å². The summed E-state index contributed by atoms with van der Waals surface area (Å²) in [6.45, 7) is 3.41. The quantitative estimate of drug-likeness (QED) is 0.793. The Bertz CT molecular complexity index is 774. The van der Waals surface area contributed by atoms with Crippen molar-refractivity contribution in [2.24, 2.45) is 4.99 Å². The smallest absolute Gasteiger partial charge is 0.344 e. The molecule has 6 heteroatoms. The first kappa shape index (κ1) is 17.8. The minimum Gasteiger partial charge on any atom is -0.493 e. The highest BCUT2D eigenvalue weighted by atomic mass is 35.5. The van der Waals surface area contributed by atoms with Crippen molar-refractivity contribution in [2.45, 2.75) is 20.0 Å². The number of ether oxygens (including phenoxy) is 2. The summed E-state index contributed by atoms with van der Waals surface area (Å²) in [6, 6.07) is 10.7. The van der Waals surface area contributed by atoms with Crippen molar-refractivity contribution >= 4 is 29.5 Å². The second-order valence-electron chi connectivity index (χ2n) is 5.20. The van der Waals surface area contributed by atoms with E-state index in [1.807, 2.05) is 19.1 Å². The van der Waals surface area contributed by atoms with Crippen LogP contribution >= 0.6 is 11.6 Å². The molecule has 0 radical (unpaired) electrons. The van der Waals surface area contributed by atoms with Gasteiger partial charge in [0.15, 0.2) is 17.6 Å². The van der Waals surface area contributed by atoms with Gasteiger partial charge in [-0.3, -0.25) is 4.99 Å². The fourth-order valence-electron chi connectivity index (χ4n) is 1.97. The summed E-state index contributed by atoms with van der Waals surface area (Å²) >= 11 is 5.98. The molecule has 2 aromatic carbocycles. The molecule has 1 N–H and O–H groups in total. The Hall–Kier alpha value is -2.53. The van der Waals surface area contributed by atoms with Gasteiger partial charge in [-0.15, -0.1) is 0 Å². The van der Waals surface area contributed by atoms with Crippen molar-refractivity contribution in [2.75, 3.05) is 7.11 Å². The third-order valence-electron chi connectivity index (χ3n) is 3.36. The number of aryl methyl sites for hydroxylation is 1. The molecule has 0 unspecified atom stereocenters. The van der Waals surface area contributed by atoms with E-state index in [4.69, 9.17) is 26.2 Å². The van der Waals surface area contributed by atoms with Crippen LogP contribution in [0.25, 0.3) is 0 Å². The normalized spacial score (nSPS) is 12.2. The van der Waals surface area contributed by atoms with Crippen LogP contribution in [0.2, 0.25) is 5.02 Å². The average molecular weight is 348 g/mol. The highest BCUT2D eigenvalue weighted by Gasteiger charge is 2.15. The van der Waals surface area contributed by atoms with E-state index in [9.17, 15) is 4.79 Å². The maximum absolute atomic E-state index is 10.9. The van der Waals surface area contributed by atoms with Crippen molar-refractivity contribution in [3.63, 3.8) is 0 Å². The molecule has 2 rings (SSSR count). The molecule has 2 aromatic rings. The number of methoxy groups -OCH3 is 1. The van der Waals surface area contributed by atoms with Crippen molar-refractivity contribution in [3.8, 4) is 11.5 Å². The Morgan fingerprint density at radius 2 is 2.00 bits per heavy atom. The Labute approximate surface area is 145 Å². The monoisotopic (exact) mass is 347 g/mol. The van der Waals surface area contributed by atoms with E-state index in [-0.39, 0.29) is 0 Å².